The molecule has 72 valence electrons. The Hall–Kier alpha value is 0.320. The van der Waals surface area contributed by atoms with Gasteiger partial charge in [-0.2, -0.15) is 0 Å². The molecule has 4 unspecified atom stereocenters. The van der Waals surface area contributed by atoms with E-state index in [1.807, 2.05) is 0 Å². The van der Waals surface area contributed by atoms with Crippen LogP contribution in [0, 0.1) is 5.92 Å². The van der Waals surface area contributed by atoms with Gasteiger partial charge in [0.05, 0.1) is 0 Å². The fourth-order valence-electron chi connectivity index (χ4n) is 1.74. The van der Waals surface area contributed by atoms with Gasteiger partial charge in [0.1, 0.15) is 5.41 Å². The van der Waals surface area contributed by atoms with E-state index in [1.165, 1.54) is 19.3 Å². The predicted molar refractivity (Wildman–Crippen MR) is 54.0 cm³/mol. The lowest BCUT2D eigenvalue weighted by atomic mass is 10.1. The summed E-state index contributed by atoms with van der Waals surface area (Å²) in [6, 6.07) is 0.552. The van der Waals surface area contributed by atoms with E-state index in [2.05, 4.69) is 21.5 Å². The Balaban J connectivity index is 2.16. The Bertz CT molecular complexity index is 144. The molecule has 0 aromatic carbocycles. The fraction of sp³-hybridized carbons (Fsp3) is 1.00. The van der Waals surface area contributed by atoms with Crippen LogP contribution in [-0.4, -0.2) is 18.0 Å². The molecule has 0 aromatic heterocycles. The van der Waals surface area contributed by atoms with Gasteiger partial charge in [-0.3, -0.25) is 0 Å². The summed E-state index contributed by atoms with van der Waals surface area (Å²) in [6.07, 6.45) is 3.71. The van der Waals surface area contributed by atoms with Crippen LogP contribution in [0.2, 0.25) is 0 Å². The van der Waals surface area contributed by atoms with Gasteiger partial charge >= 0.3 is 0 Å². The molecular weight excluding hydrogens is 172 g/mol. The summed E-state index contributed by atoms with van der Waals surface area (Å²) in [7, 11) is 2.22. The van der Waals surface area contributed by atoms with Gasteiger partial charge in [-0.05, 0) is 32.1 Å². The molecule has 1 aliphatic carbocycles. The molecule has 1 nitrogen and oxygen atoms in total. The highest BCUT2D eigenvalue weighted by molar-refractivity contribution is 7.18. The van der Waals surface area contributed by atoms with Crippen molar-refractivity contribution in [3.63, 3.8) is 0 Å². The minimum Gasteiger partial charge on any atom is -0.310 e. The summed E-state index contributed by atoms with van der Waals surface area (Å²) in [6.45, 7) is 4.30. The topological polar surface area (TPSA) is 12.0 Å². The van der Waals surface area contributed by atoms with Crippen LogP contribution in [0.25, 0.3) is 0 Å². The third-order valence-corrected chi connectivity index (χ3v) is 2.64. The summed E-state index contributed by atoms with van der Waals surface area (Å²) in [5.74, 6) is 0.817. The Morgan fingerprint density at radius 2 is 2.25 bits per heavy atom. The first-order chi connectivity index (χ1) is 5.47. The lowest BCUT2D eigenvalue weighted by Gasteiger charge is -2.18. The van der Waals surface area contributed by atoms with Crippen LogP contribution in [0.1, 0.15) is 33.1 Å². The largest absolute Gasteiger partial charge is 0.310 e. The number of hydrogen-bond acceptors (Lipinski definition) is 1. The van der Waals surface area contributed by atoms with Gasteiger partial charge in [0.15, 0.2) is 0 Å². The monoisotopic (exact) mass is 191 g/mol. The standard InChI is InChI=1S/C9H19FNP/c1-7-3-4-8(5-7)11-6-9(2,10)12/h7-8,11H,3-6,12H2,1-2H3. The SMILES string of the molecule is CC1CCC(NCC(C)(F)P)C1. The number of alkyl halides is 1. The number of halogens is 1. The van der Waals surface area contributed by atoms with Crippen LogP contribution in [0.3, 0.4) is 0 Å². The molecule has 1 rings (SSSR count). The van der Waals surface area contributed by atoms with Gasteiger partial charge in [-0.15, -0.1) is 0 Å². The highest BCUT2D eigenvalue weighted by atomic mass is 31.0. The van der Waals surface area contributed by atoms with Crippen molar-refractivity contribution in [3.05, 3.63) is 0 Å². The smallest absolute Gasteiger partial charge is 0.133 e. The van der Waals surface area contributed by atoms with E-state index < -0.39 is 5.41 Å². The Morgan fingerprint density at radius 3 is 2.67 bits per heavy atom. The molecule has 12 heavy (non-hydrogen) atoms. The zero-order valence-electron chi connectivity index (χ0n) is 7.94. The minimum absolute atomic E-state index is 0.453. The van der Waals surface area contributed by atoms with Gasteiger partial charge in [0, 0.05) is 12.6 Å². The summed E-state index contributed by atoms with van der Waals surface area (Å²) >= 11 is 0. The Morgan fingerprint density at radius 1 is 1.58 bits per heavy atom. The first-order valence-corrected chi connectivity index (χ1v) is 5.26. The Labute approximate surface area is 76.7 Å². The first-order valence-electron chi connectivity index (χ1n) is 4.68. The highest BCUT2D eigenvalue weighted by Crippen LogP contribution is 2.25. The maximum Gasteiger partial charge on any atom is 0.133 e. The predicted octanol–water partition coefficient (Wildman–Crippen LogP) is 2.33. The third-order valence-electron chi connectivity index (χ3n) is 2.43. The van der Waals surface area contributed by atoms with Crippen LogP contribution in [0.15, 0.2) is 0 Å². The lowest BCUT2D eigenvalue weighted by molar-refractivity contribution is 0.288. The van der Waals surface area contributed by atoms with Crippen LogP contribution in [0.4, 0.5) is 4.39 Å². The van der Waals surface area contributed by atoms with E-state index >= 15 is 0 Å². The van der Waals surface area contributed by atoms with E-state index in [-0.39, 0.29) is 0 Å². The van der Waals surface area contributed by atoms with Gasteiger partial charge in [-0.1, -0.05) is 16.2 Å². The molecular formula is C9H19FNP. The summed E-state index contributed by atoms with van der Waals surface area (Å²) in [5, 5.41) is 2.11. The molecule has 1 N–H and O–H groups in total. The summed E-state index contributed by atoms with van der Waals surface area (Å²) in [4.78, 5) is 0. The summed E-state index contributed by atoms with van der Waals surface area (Å²) < 4.78 is 13.0. The molecule has 0 amide bonds. The zero-order chi connectivity index (χ0) is 9.19. The van der Waals surface area contributed by atoms with Gasteiger partial charge in [-0.25, -0.2) is 4.39 Å². The van der Waals surface area contributed by atoms with Gasteiger partial charge < -0.3 is 5.32 Å². The maximum absolute atomic E-state index is 13.0. The fourth-order valence-corrected chi connectivity index (χ4v) is 1.85. The minimum atomic E-state index is -1.15. The molecule has 0 radical (unpaired) electrons. The van der Waals surface area contributed by atoms with Crippen molar-refractivity contribution in [2.75, 3.05) is 6.54 Å². The van der Waals surface area contributed by atoms with E-state index in [0.29, 0.717) is 12.6 Å². The van der Waals surface area contributed by atoms with Crippen molar-refractivity contribution in [2.45, 2.75) is 44.6 Å². The second-order valence-corrected chi connectivity index (χ2v) is 5.48. The zero-order valence-corrected chi connectivity index (χ0v) is 9.09. The molecule has 0 heterocycles. The first kappa shape index (κ1) is 10.4. The van der Waals surface area contributed by atoms with Crippen LogP contribution < -0.4 is 5.32 Å². The van der Waals surface area contributed by atoms with Crippen molar-refractivity contribution < 1.29 is 4.39 Å². The normalized spacial score (nSPS) is 35.0. The second kappa shape index (κ2) is 4.02. The van der Waals surface area contributed by atoms with Crippen LogP contribution >= 0.6 is 9.24 Å². The molecule has 0 aliphatic heterocycles. The van der Waals surface area contributed by atoms with Crippen LogP contribution in [-0.2, 0) is 0 Å². The maximum atomic E-state index is 13.0. The van der Waals surface area contributed by atoms with Crippen molar-refractivity contribution >= 4 is 9.24 Å². The molecule has 1 fully saturated rings. The van der Waals surface area contributed by atoms with Gasteiger partial charge in [0.2, 0.25) is 0 Å². The molecule has 0 bridgehead atoms. The number of nitrogens with one attached hydrogen (secondary N) is 1. The van der Waals surface area contributed by atoms with E-state index in [4.69, 9.17) is 0 Å². The summed E-state index contributed by atoms with van der Waals surface area (Å²) in [5.41, 5.74) is 0. The molecule has 4 atom stereocenters. The van der Waals surface area contributed by atoms with Crippen molar-refractivity contribution in [1.82, 2.24) is 5.32 Å². The molecule has 0 spiro atoms. The van der Waals surface area contributed by atoms with Crippen molar-refractivity contribution in [2.24, 2.45) is 5.92 Å². The van der Waals surface area contributed by atoms with Crippen LogP contribution in [0.5, 0.6) is 0 Å². The average molecular weight is 191 g/mol. The molecule has 0 saturated heterocycles. The highest BCUT2D eigenvalue weighted by Gasteiger charge is 2.23. The van der Waals surface area contributed by atoms with E-state index in [0.717, 1.165) is 5.92 Å². The molecule has 3 heteroatoms. The van der Waals surface area contributed by atoms with E-state index in [1.54, 1.807) is 6.92 Å². The third kappa shape index (κ3) is 3.82. The average Bonchev–Trinajstić information content (AvgIpc) is 2.30. The lowest BCUT2D eigenvalue weighted by Crippen LogP contribution is -2.35. The number of rotatable bonds is 3. The van der Waals surface area contributed by atoms with E-state index in [9.17, 15) is 4.39 Å². The van der Waals surface area contributed by atoms with Crippen molar-refractivity contribution in [1.29, 1.82) is 0 Å². The molecule has 1 aliphatic rings. The Kier molecular flexibility index (Phi) is 3.48. The quantitative estimate of drug-likeness (QED) is 0.675. The molecule has 1 saturated carbocycles. The number of hydrogen-bond donors (Lipinski definition) is 1. The molecule has 0 aromatic rings. The van der Waals surface area contributed by atoms with Gasteiger partial charge in [0.25, 0.3) is 0 Å². The second-order valence-electron chi connectivity index (χ2n) is 4.27. The van der Waals surface area contributed by atoms with Crippen molar-refractivity contribution in [3.8, 4) is 0 Å².